The van der Waals surface area contributed by atoms with Gasteiger partial charge in [-0.15, -0.1) is 0 Å². The van der Waals surface area contributed by atoms with Gasteiger partial charge in [0, 0.05) is 12.6 Å². The number of fused-ring (bicyclic) bond motifs is 1. The summed E-state index contributed by atoms with van der Waals surface area (Å²) < 4.78 is 38.5. The Bertz CT molecular complexity index is 823. The van der Waals surface area contributed by atoms with Gasteiger partial charge in [0.2, 0.25) is 5.91 Å². The van der Waals surface area contributed by atoms with E-state index in [2.05, 4.69) is 11.4 Å². The third-order valence-electron chi connectivity index (χ3n) is 4.64. The molecule has 1 unspecified atom stereocenters. The van der Waals surface area contributed by atoms with Crippen LogP contribution in [0.15, 0.2) is 42.5 Å². The molecule has 0 bridgehead atoms. The zero-order valence-corrected chi connectivity index (χ0v) is 14.9. The molecular formula is C19H18ClF3N2O. The van der Waals surface area contributed by atoms with Crippen LogP contribution < -0.4 is 5.32 Å². The van der Waals surface area contributed by atoms with Gasteiger partial charge >= 0.3 is 6.18 Å². The van der Waals surface area contributed by atoms with Gasteiger partial charge < -0.3 is 5.32 Å². The quantitative estimate of drug-likeness (QED) is 0.817. The molecule has 3 nitrogen and oxygen atoms in total. The third kappa shape index (κ3) is 4.02. The maximum Gasteiger partial charge on any atom is 0.416 e. The summed E-state index contributed by atoms with van der Waals surface area (Å²) in [5.41, 5.74) is 1.55. The molecule has 0 saturated carbocycles. The van der Waals surface area contributed by atoms with E-state index in [-0.39, 0.29) is 23.3 Å². The number of amides is 1. The van der Waals surface area contributed by atoms with Crippen molar-refractivity contribution in [3.8, 4) is 0 Å². The molecule has 0 radical (unpaired) electrons. The minimum atomic E-state index is -4.49. The van der Waals surface area contributed by atoms with Gasteiger partial charge in [-0.05, 0) is 42.7 Å². The number of benzene rings is 2. The summed E-state index contributed by atoms with van der Waals surface area (Å²) in [6.45, 7) is 2.81. The standard InChI is InChI=1S/C19H18ClF3N2O/c1-12-15-5-3-2-4-13(15)8-9-25(12)11-18(26)24-17-10-14(19(21,22)23)6-7-16(17)20/h2-7,10,12H,8-9,11H2,1H3,(H,24,26). The Morgan fingerprint density at radius 2 is 2.00 bits per heavy atom. The summed E-state index contributed by atoms with van der Waals surface area (Å²) >= 11 is 5.93. The molecular weight excluding hydrogens is 365 g/mol. The van der Waals surface area contributed by atoms with Crippen LogP contribution in [0.3, 0.4) is 0 Å². The molecule has 1 atom stereocenters. The van der Waals surface area contributed by atoms with Crippen LogP contribution in [0.25, 0.3) is 0 Å². The lowest BCUT2D eigenvalue weighted by atomic mass is 9.94. The molecule has 1 heterocycles. The Hall–Kier alpha value is -2.05. The van der Waals surface area contributed by atoms with Crippen LogP contribution >= 0.6 is 11.6 Å². The fourth-order valence-corrected chi connectivity index (χ4v) is 3.38. The van der Waals surface area contributed by atoms with Crippen molar-refractivity contribution in [1.82, 2.24) is 4.90 Å². The Balaban J connectivity index is 1.70. The highest BCUT2D eigenvalue weighted by Crippen LogP contribution is 2.34. The van der Waals surface area contributed by atoms with Crippen LogP contribution in [0.2, 0.25) is 5.02 Å². The summed E-state index contributed by atoms with van der Waals surface area (Å²) in [5, 5.41) is 2.57. The van der Waals surface area contributed by atoms with Gasteiger partial charge in [0.1, 0.15) is 0 Å². The first-order chi connectivity index (χ1) is 12.3. The number of carbonyl (C=O) groups excluding carboxylic acids is 1. The van der Waals surface area contributed by atoms with Crippen LogP contribution in [-0.2, 0) is 17.4 Å². The monoisotopic (exact) mass is 382 g/mol. The number of carbonyl (C=O) groups is 1. The van der Waals surface area contributed by atoms with Crippen molar-refractivity contribution in [1.29, 1.82) is 0 Å². The lowest BCUT2D eigenvalue weighted by Crippen LogP contribution is -2.39. The topological polar surface area (TPSA) is 32.3 Å². The van der Waals surface area contributed by atoms with Crippen molar-refractivity contribution >= 4 is 23.2 Å². The molecule has 0 aliphatic carbocycles. The normalized spacial score (nSPS) is 17.7. The molecule has 26 heavy (non-hydrogen) atoms. The van der Waals surface area contributed by atoms with E-state index in [1.807, 2.05) is 30.0 Å². The summed E-state index contributed by atoms with van der Waals surface area (Å²) in [4.78, 5) is 14.4. The SMILES string of the molecule is CC1c2ccccc2CCN1CC(=O)Nc1cc(C(F)(F)F)ccc1Cl. The molecule has 0 fully saturated rings. The Labute approximate surface area is 154 Å². The van der Waals surface area contributed by atoms with Crippen molar-refractivity contribution in [3.63, 3.8) is 0 Å². The van der Waals surface area contributed by atoms with E-state index in [0.29, 0.717) is 6.54 Å². The Morgan fingerprint density at radius 1 is 1.27 bits per heavy atom. The van der Waals surface area contributed by atoms with Crippen molar-refractivity contribution in [2.45, 2.75) is 25.6 Å². The molecule has 0 saturated heterocycles. The van der Waals surface area contributed by atoms with Crippen LogP contribution in [0.4, 0.5) is 18.9 Å². The second-order valence-corrected chi connectivity index (χ2v) is 6.74. The number of halogens is 4. The van der Waals surface area contributed by atoms with Crippen molar-refractivity contribution in [2.24, 2.45) is 0 Å². The number of alkyl halides is 3. The third-order valence-corrected chi connectivity index (χ3v) is 4.97. The molecule has 2 aromatic carbocycles. The second-order valence-electron chi connectivity index (χ2n) is 6.34. The number of hydrogen-bond acceptors (Lipinski definition) is 2. The van der Waals surface area contributed by atoms with Crippen LogP contribution in [0, 0.1) is 0 Å². The van der Waals surface area contributed by atoms with Gasteiger partial charge in [0.15, 0.2) is 0 Å². The van der Waals surface area contributed by atoms with Gasteiger partial charge in [-0.3, -0.25) is 9.69 Å². The molecule has 0 spiro atoms. The molecule has 1 aliphatic rings. The molecule has 1 N–H and O–H groups in total. The first-order valence-corrected chi connectivity index (χ1v) is 8.62. The van der Waals surface area contributed by atoms with Crippen LogP contribution in [-0.4, -0.2) is 23.9 Å². The van der Waals surface area contributed by atoms with Crippen molar-refractivity contribution < 1.29 is 18.0 Å². The summed E-state index contributed by atoms with van der Waals surface area (Å²) in [6.07, 6.45) is -3.66. The maximum atomic E-state index is 12.8. The van der Waals surface area contributed by atoms with Crippen molar-refractivity contribution in [3.05, 3.63) is 64.2 Å². The van der Waals surface area contributed by atoms with Gasteiger partial charge in [-0.1, -0.05) is 35.9 Å². The molecule has 1 amide bonds. The largest absolute Gasteiger partial charge is 0.416 e. The average Bonchev–Trinajstić information content (AvgIpc) is 2.58. The molecule has 1 aliphatic heterocycles. The minimum Gasteiger partial charge on any atom is -0.324 e. The van der Waals surface area contributed by atoms with E-state index in [9.17, 15) is 18.0 Å². The smallest absolute Gasteiger partial charge is 0.324 e. The fourth-order valence-electron chi connectivity index (χ4n) is 3.21. The first-order valence-electron chi connectivity index (χ1n) is 8.24. The molecule has 7 heteroatoms. The fraction of sp³-hybridized carbons (Fsp3) is 0.316. The second kappa shape index (κ2) is 7.29. The number of anilines is 1. The van der Waals surface area contributed by atoms with Crippen LogP contribution in [0.5, 0.6) is 0 Å². The van der Waals surface area contributed by atoms with E-state index >= 15 is 0 Å². The highest BCUT2D eigenvalue weighted by Gasteiger charge is 2.31. The van der Waals surface area contributed by atoms with Gasteiger partial charge in [0.25, 0.3) is 0 Å². The number of nitrogens with one attached hydrogen (secondary N) is 1. The van der Waals surface area contributed by atoms with Gasteiger partial charge in [-0.2, -0.15) is 13.2 Å². The predicted octanol–water partition coefficient (Wildman–Crippen LogP) is 4.92. The maximum absolute atomic E-state index is 12.8. The van der Waals surface area contributed by atoms with Gasteiger partial charge in [0.05, 0.1) is 22.8 Å². The van der Waals surface area contributed by atoms with E-state index < -0.39 is 17.6 Å². The Morgan fingerprint density at radius 3 is 2.73 bits per heavy atom. The minimum absolute atomic E-state index is 0.0310. The van der Waals surface area contributed by atoms with Crippen molar-refractivity contribution in [2.75, 3.05) is 18.4 Å². The number of rotatable bonds is 3. The highest BCUT2D eigenvalue weighted by atomic mass is 35.5. The molecule has 0 aromatic heterocycles. The summed E-state index contributed by atoms with van der Waals surface area (Å²) in [6, 6.07) is 11.0. The van der Waals surface area contributed by atoms with Gasteiger partial charge in [-0.25, -0.2) is 0 Å². The average molecular weight is 383 g/mol. The van der Waals surface area contributed by atoms with E-state index in [1.54, 1.807) is 0 Å². The lowest BCUT2D eigenvalue weighted by molar-refractivity contribution is -0.137. The highest BCUT2D eigenvalue weighted by molar-refractivity contribution is 6.33. The molecule has 3 rings (SSSR count). The van der Waals surface area contributed by atoms with E-state index in [1.165, 1.54) is 11.1 Å². The van der Waals surface area contributed by atoms with Crippen LogP contribution in [0.1, 0.15) is 29.7 Å². The van der Waals surface area contributed by atoms with E-state index in [0.717, 1.165) is 24.6 Å². The van der Waals surface area contributed by atoms with E-state index in [4.69, 9.17) is 11.6 Å². The summed E-state index contributed by atoms with van der Waals surface area (Å²) in [7, 11) is 0. The summed E-state index contributed by atoms with van der Waals surface area (Å²) in [5.74, 6) is -0.391. The zero-order chi connectivity index (χ0) is 18.9. The number of nitrogens with zero attached hydrogens (tertiary/aromatic N) is 1. The lowest BCUT2D eigenvalue weighted by Gasteiger charge is -2.34. The molecule has 2 aromatic rings. The predicted molar refractivity (Wildman–Crippen MR) is 95.2 cm³/mol. The number of hydrogen-bond donors (Lipinski definition) is 1. The zero-order valence-electron chi connectivity index (χ0n) is 14.1. The first kappa shape index (κ1) is 18.7. The molecule has 138 valence electrons. The Kier molecular flexibility index (Phi) is 5.25.